The number of carbonyl (C=O) groups excluding carboxylic acids is 1. The number of carbonyl (C=O) groups is 1. The van der Waals surface area contributed by atoms with E-state index < -0.39 is 5.97 Å². The van der Waals surface area contributed by atoms with Gasteiger partial charge in [-0.05, 0) is 38.8 Å². The maximum atomic E-state index is 10.7. The number of aromatic nitrogens is 1. The molecule has 21 heavy (non-hydrogen) atoms. The van der Waals surface area contributed by atoms with Crippen LogP contribution in [0.1, 0.15) is 15.9 Å². The van der Waals surface area contributed by atoms with E-state index in [-0.39, 0.29) is 5.56 Å². The summed E-state index contributed by atoms with van der Waals surface area (Å²) in [6.45, 7) is 0. The highest BCUT2D eigenvalue weighted by Gasteiger charge is 2.21. The van der Waals surface area contributed by atoms with Crippen molar-refractivity contribution in [1.29, 1.82) is 0 Å². The number of pyridine rings is 1. The number of quaternary nitrogens is 1. The van der Waals surface area contributed by atoms with Crippen LogP contribution in [0.4, 0.5) is 11.5 Å². The van der Waals surface area contributed by atoms with Gasteiger partial charge in [0.1, 0.15) is 0 Å². The molecular weight excluding hydrogens is 354 g/mol. The quantitative estimate of drug-likeness (QED) is 0.891. The third kappa shape index (κ3) is 3.31. The van der Waals surface area contributed by atoms with Crippen LogP contribution in [0.5, 0.6) is 0 Å². The van der Waals surface area contributed by atoms with Crippen LogP contribution in [-0.2, 0) is 5.75 Å². The van der Waals surface area contributed by atoms with Crippen molar-refractivity contribution in [3.8, 4) is 0 Å². The van der Waals surface area contributed by atoms with E-state index in [1.807, 2.05) is 11.4 Å². The molecule has 2 heterocycles. The summed E-state index contributed by atoms with van der Waals surface area (Å²) in [4.78, 5) is 19.4. The first-order valence-corrected chi connectivity index (χ1v) is 7.92. The van der Waals surface area contributed by atoms with Gasteiger partial charge < -0.3 is 9.90 Å². The average molecular weight is 364 g/mol. The number of carboxylic acids is 1. The van der Waals surface area contributed by atoms with E-state index in [0.717, 1.165) is 32.5 Å². The molecule has 0 saturated carbocycles. The summed E-state index contributed by atoms with van der Waals surface area (Å²) in [7, 11) is 0. The largest absolute Gasteiger partial charge is 0.545 e. The van der Waals surface area contributed by atoms with Gasteiger partial charge in [0, 0.05) is 22.5 Å². The number of nitrogens with zero attached hydrogens (tertiary/aromatic N) is 2. The van der Waals surface area contributed by atoms with E-state index in [1.165, 1.54) is 0 Å². The summed E-state index contributed by atoms with van der Waals surface area (Å²) in [5.74, 6) is 0.292. The van der Waals surface area contributed by atoms with Gasteiger partial charge in [-0.1, -0.05) is 24.3 Å². The smallest absolute Gasteiger partial charge is 0.268 e. The predicted molar refractivity (Wildman–Crippen MR) is 82.7 cm³/mol. The molecule has 0 saturated heterocycles. The first-order chi connectivity index (χ1) is 10.1. The molecule has 0 radical (unpaired) electrons. The minimum absolute atomic E-state index is 0.190. The lowest BCUT2D eigenvalue weighted by Gasteiger charge is -2.03. The van der Waals surface area contributed by atoms with Crippen LogP contribution < -0.4 is 10.4 Å². The van der Waals surface area contributed by atoms with Crippen molar-refractivity contribution in [2.24, 2.45) is 4.99 Å². The number of aromatic carboxylic acids is 1. The fourth-order valence-electron chi connectivity index (χ4n) is 1.89. The number of nitrogens with two attached hydrogens (primary N) is 1. The second kappa shape index (κ2) is 5.97. The Bertz CT molecular complexity index is 731. The monoisotopic (exact) mass is 363 g/mol. The highest BCUT2D eigenvalue weighted by Crippen LogP contribution is 2.27. The molecule has 2 aromatic rings. The normalized spacial score (nSPS) is 12.9. The fourth-order valence-corrected chi connectivity index (χ4v) is 3.10. The Labute approximate surface area is 133 Å². The molecule has 3 rings (SSSR count). The maximum Gasteiger partial charge on any atom is 0.268 e. The van der Waals surface area contributed by atoms with E-state index in [2.05, 4.69) is 25.9 Å². The van der Waals surface area contributed by atoms with Gasteiger partial charge in [-0.3, -0.25) is 5.32 Å². The lowest BCUT2D eigenvalue weighted by Crippen LogP contribution is -2.79. The minimum atomic E-state index is -1.16. The Morgan fingerprint density at radius 3 is 2.81 bits per heavy atom. The Morgan fingerprint density at radius 1 is 1.33 bits per heavy atom. The van der Waals surface area contributed by atoms with Gasteiger partial charge in [0.25, 0.3) is 5.17 Å². The molecule has 0 spiro atoms. The van der Waals surface area contributed by atoms with E-state index in [1.54, 1.807) is 42.2 Å². The van der Waals surface area contributed by atoms with Crippen molar-refractivity contribution in [1.82, 2.24) is 4.98 Å². The maximum absolute atomic E-state index is 10.7. The number of carboxylic acid groups (broad SMARTS) is 1. The molecule has 7 heteroatoms. The molecule has 0 aliphatic carbocycles. The van der Waals surface area contributed by atoms with Gasteiger partial charge in [0.2, 0.25) is 5.82 Å². The van der Waals surface area contributed by atoms with Gasteiger partial charge in [-0.25, -0.2) is 4.98 Å². The number of fused-ring (bicyclic) bond motifs is 1. The molecule has 0 unspecified atom stereocenters. The lowest BCUT2D eigenvalue weighted by atomic mass is 10.1. The second-order valence-electron chi connectivity index (χ2n) is 4.43. The predicted octanol–water partition coefficient (Wildman–Crippen LogP) is 1.34. The van der Waals surface area contributed by atoms with E-state index >= 15 is 0 Å². The van der Waals surface area contributed by atoms with E-state index in [9.17, 15) is 9.90 Å². The molecule has 1 aromatic heterocycles. The van der Waals surface area contributed by atoms with Gasteiger partial charge in [-0.2, -0.15) is 4.99 Å². The molecule has 0 bridgehead atoms. The van der Waals surface area contributed by atoms with Gasteiger partial charge in [-0.15, -0.1) is 0 Å². The van der Waals surface area contributed by atoms with Gasteiger partial charge in [0.05, 0.1) is 5.97 Å². The number of aliphatic imine (C=N–C) groups is 1. The zero-order valence-electron chi connectivity index (χ0n) is 10.7. The van der Waals surface area contributed by atoms with Crippen molar-refractivity contribution in [3.63, 3.8) is 0 Å². The third-order valence-corrected chi connectivity index (χ3v) is 4.35. The molecule has 1 aliphatic rings. The topological polar surface area (TPSA) is 82.0 Å². The minimum Gasteiger partial charge on any atom is -0.545 e. The molecule has 2 N–H and O–H groups in total. The van der Waals surface area contributed by atoms with Crippen LogP contribution >= 0.6 is 27.7 Å². The molecule has 5 nitrogen and oxygen atoms in total. The van der Waals surface area contributed by atoms with Gasteiger partial charge >= 0.3 is 0 Å². The van der Waals surface area contributed by atoms with Crippen molar-refractivity contribution in [2.75, 3.05) is 0 Å². The zero-order chi connectivity index (χ0) is 14.8. The van der Waals surface area contributed by atoms with Crippen LogP contribution in [-0.4, -0.2) is 16.1 Å². The van der Waals surface area contributed by atoms with Crippen molar-refractivity contribution < 1.29 is 15.2 Å². The number of rotatable bonds is 3. The van der Waals surface area contributed by atoms with Crippen LogP contribution in [0.2, 0.25) is 0 Å². The molecule has 106 valence electrons. The summed E-state index contributed by atoms with van der Waals surface area (Å²) in [6.07, 6.45) is 1.72. The van der Waals surface area contributed by atoms with Crippen LogP contribution in [0.15, 0.2) is 46.0 Å². The number of amidine groups is 1. The Kier molecular flexibility index (Phi) is 4.05. The number of hydrogen-bond donors (Lipinski definition) is 1. The number of benzene rings is 1. The van der Waals surface area contributed by atoms with E-state index in [4.69, 9.17) is 0 Å². The van der Waals surface area contributed by atoms with Crippen molar-refractivity contribution in [2.45, 2.75) is 5.75 Å². The average Bonchev–Trinajstić information content (AvgIpc) is 2.87. The number of hydrogen-bond acceptors (Lipinski definition) is 5. The summed E-state index contributed by atoms with van der Waals surface area (Å²) < 4.78 is 0.928. The Balaban J connectivity index is 1.63. The lowest BCUT2D eigenvalue weighted by molar-refractivity contribution is -0.432. The van der Waals surface area contributed by atoms with Crippen LogP contribution in [0.3, 0.4) is 0 Å². The Hall–Kier alpha value is -1.70. The Morgan fingerprint density at radius 2 is 2.10 bits per heavy atom. The standard InChI is InChI=1S/C14H10BrN3O2S/c15-10-5-11-12(16-6-10)18-14(17-11)21-7-8-1-3-9(4-2-8)13(19)20/h1-6H,7H2,(H,19,20)(H,16,17,18). The zero-order valence-corrected chi connectivity index (χ0v) is 13.1. The number of halogens is 1. The first kappa shape index (κ1) is 14.2. The molecule has 0 fully saturated rings. The molecular formula is C14H10BrN3O2S. The van der Waals surface area contributed by atoms with Crippen molar-refractivity contribution >= 4 is 50.3 Å². The number of thioether (sulfide) groups is 1. The van der Waals surface area contributed by atoms with Crippen LogP contribution in [0.25, 0.3) is 0 Å². The SMILES string of the molecule is O=C([O-])c1ccc(CSC2=Nc3ncc(Br)cc3[NH2+]2)cc1. The third-order valence-electron chi connectivity index (χ3n) is 2.93. The molecule has 1 aromatic carbocycles. The summed E-state index contributed by atoms with van der Waals surface area (Å²) in [6, 6.07) is 8.66. The van der Waals surface area contributed by atoms with Crippen LogP contribution in [0, 0.1) is 0 Å². The molecule has 1 aliphatic heterocycles. The van der Waals surface area contributed by atoms with E-state index in [0.29, 0.717) is 0 Å². The summed E-state index contributed by atoms with van der Waals surface area (Å²) >= 11 is 4.98. The molecule has 0 atom stereocenters. The fraction of sp³-hybridized carbons (Fsp3) is 0.0714. The summed E-state index contributed by atoms with van der Waals surface area (Å²) in [5, 5.41) is 13.6. The van der Waals surface area contributed by atoms with Crippen molar-refractivity contribution in [3.05, 3.63) is 52.1 Å². The first-order valence-electron chi connectivity index (χ1n) is 6.14. The molecule has 0 amide bonds. The summed E-state index contributed by atoms with van der Waals surface area (Å²) in [5.41, 5.74) is 2.22. The highest BCUT2D eigenvalue weighted by molar-refractivity contribution is 9.10. The second-order valence-corrected chi connectivity index (χ2v) is 6.35. The van der Waals surface area contributed by atoms with Gasteiger partial charge in [0.15, 0.2) is 5.69 Å². The highest BCUT2D eigenvalue weighted by atomic mass is 79.9.